The minimum Gasteiger partial charge on any atom is -0.492 e. The van der Waals surface area contributed by atoms with Gasteiger partial charge >= 0.3 is 5.97 Å². The zero-order chi connectivity index (χ0) is 28.4. The standard InChI is InChI=1S/C28H30F2N2O6S/c1-4-5-6-7-8-12-38-23-11-9-10-18(25(23)37-3)22-16-39-28(31-22)32-26(33)17-13-20(29)19(21(30)14-17)15-24(36-2)27(34)35/h9-11,13-16H,4-8,12H2,1-3H3,(H,34,35)(H,31,32,33). The average Bonchev–Trinajstić information content (AvgIpc) is 3.38. The smallest absolute Gasteiger partial charge is 0.371 e. The highest BCUT2D eigenvalue weighted by Gasteiger charge is 2.19. The molecule has 0 aliphatic rings. The van der Waals surface area contributed by atoms with Gasteiger partial charge in [-0.05, 0) is 30.7 Å². The zero-order valence-corrected chi connectivity index (χ0v) is 22.7. The van der Waals surface area contributed by atoms with Gasteiger partial charge in [-0.2, -0.15) is 0 Å². The Labute approximate surface area is 229 Å². The van der Waals surface area contributed by atoms with E-state index in [9.17, 15) is 18.4 Å². The second-order valence-electron chi connectivity index (χ2n) is 8.46. The Balaban J connectivity index is 1.74. The maximum atomic E-state index is 14.5. The van der Waals surface area contributed by atoms with Crippen LogP contribution in [0, 0.1) is 11.6 Å². The Morgan fingerprint density at radius 1 is 1.10 bits per heavy atom. The summed E-state index contributed by atoms with van der Waals surface area (Å²) in [7, 11) is 2.60. The van der Waals surface area contributed by atoms with Crippen LogP contribution >= 0.6 is 11.3 Å². The highest BCUT2D eigenvalue weighted by atomic mass is 32.1. The Bertz CT molecular complexity index is 1320. The van der Waals surface area contributed by atoms with E-state index in [4.69, 9.17) is 14.6 Å². The molecule has 0 spiro atoms. The number of anilines is 1. The topological polar surface area (TPSA) is 107 Å². The van der Waals surface area contributed by atoms with Crippen LogP contribution < -0.4 is 14.8 Å². The fourth-order valence-electron chi connectivity index (χ4n) is 3.75. The van der Waals surface area contributed by atoms with E-state index in [-0.39, 0.29) is 10.7 Å². The summed E-state index contributed by atoms with van der Waals surface area (Å²) in [4.78, 5) is 28.2. The highest BCUT2D eigenvalue weighted by Crippen LogP contribution is 2.39. The van der Waals surface area contributed by atoms with Gasteiger partial charge < -0.3 is 19.3 Å². The van der Waals surface area contributed by atoms with E-state index in [0.717, 1.165) is 43.4 Å². The van der Waals surface area contributed by atoms with Gasteiger partial charge in [-0.15, -0.1) is 11.3 Å². The molecule has 208 valence electrons. The van der Waals surface area contributed by atoms with Crippen LogP contribution in [0.4, 0.5) is 13.9 Å². The minimum atomic E-state index is -1.49. The van der Waals surface area contributed by atoms with E-state index in [1.54, 1.807) is 5.38 Å². The third-order valence-electron chi connectivity index (χ3n) is 5.74. The zero-order valence-electron chi connectivity index (χ0n) is 21.9. The number of carbonyl (C=O) groups is 2. The number of nitrogens with one attached hydrogen (secondary N) is 1. The van der Waals surface area contributed by atoms with Gasteiger partial charge in [0.25, 0.3) is 5.91 Å². The molecule has 3 aromatic rings. The summed E-state index contributed by atoms with van der Waals surface area (Å²) in [5.41, 5.74) is 0.245. The van der Waals surface area contributed by atoms with Crippen LogP contribution in [0.1, 0.15) is 54.9 Å². The van der Waals surface area contributed by atoms with Crippen LogP contribution in [-0.4, -0.2) is 42.8 Å². The van der Waals surface area contributed by atoms with E-state index in [0.29, 0.717) is 35.4 Å². The SMILES string of the molecule is CCCCCCCOc1cccc(-c2csc(NC(=O)c3cc(F)c(C=C(OC)C(=O)O)c(F)c3)n2)c1OC. The van der Waals surface area contributed by atoms with Crippen LogP contribution in [0.25, 0.3) is 17.3 Å². The second kappa shape index (κ2) is 14.2. The molecular formula is C28H30F2N2O6S. The third kappa shape index (κ3) is 7.76. The molecule has 0 bridgehead atoms. The van der Waals surface area contributed by atoms with Crippen molar-refractivity contribution in [3.63, 3.8) is 0 Å². The maximum Gasteiger partial charge on any atom is 0.371 e. The van der Waals surface area contributed by atoms with Crippen molar-refractivity contribution < 1.29 is 37.7 Å². The lowest BCUT2D eigenvalue weighted by Gasteiger charge is -2.13. The normalized spacial score (nSPS) is 11.3. The summed E-state index contributed by atoms with van der Waals surface area (Å²) >= 11 is 1.13. The van der Waals surface area contributed by atoms with Crippen molar-refractivity contribution in [2.24, 2.45) is 0 Å². The summed E-state index contributed by atoms with van der Waals surface area (Å²) in [6, 6.07) is 7.07. The molecule has 0 atom stereocenters. The number of benzene rings is 2. The Morgan fingerprint density at radius 2 is 1.82 bits per heavy atom. The molecule has 3 rings (SSSR count). The molecular weight excluding hydrogens is 530 g/mol. The van der Waals surface area contributed by atoms with Crippen molar-refractivity contribution in [2.45, 2.75) is 39.0 Å². The molecule has 39 heavy (non-hydrogen) atoms. The van der Waals surface area contributed by atoms with E-state index in [1.807, 2.05) is 18.2 Å². The van der Waals surface area contributed by atoms with Crippen molar-refractivity contribution >= 4 is 34.4 Å². The van der Waals surface area contributed by atoms with Crippen molar-refractivity contribution in [3.8, 4) is 22.8 Å². The number of methoxy groups -OCH3 is 2. The van der Waals surface area contributed by atoms with E-state index in [2.05, 4.69) is 22.0 Å². The molecule has 8 nitrogen and oxygen atoms in total. The predicted octanol–water partition coefficient (Wildman–Crippen LogP) is 6.77. The molecule has 1 amide bonds. The number of carboxylic acid groups (broad SMARTS) is 1. The maximum absolute atomic E-state index is 14.5. The number of aliphatic carboxylic acids is 1. The lowest BCUT2D eigenvalue weighted by Crippen LogP contribution is -2.13. The number of hydrogen-bond acceptors (Lipinski definition) is 7. The number of amides is 1. The number of carboxylic acids is 1. The number of rotatable bonds is 14. The first-order valence-corrected chi connectivity index (χ1v) is 13.2. The molecule has 0 fully saturated rings. The molecule has 2 aromatic carbocycles. The monoisotopic (exact) mass is 560 g/mol. The number of hydrogen-bond donors (Lipinski definition) is 2. The second-order valence-corrected chi connectivity index (χ2v) is 9.32. The van der Waals surface area contributed by atoms with Gasteiger partial charge in [-0.3, -0.25) is 10.1 Å². The quantitative estimate of drug-likeness (QED) is 0.127. The number of unbranched alkanes of at least 4 members (excludes halogenated alkanes) is 4. The van der Waals surface area contributed by atoms with Crippen LogP contribution in [0.3, 0.4) is 0 Å². The molecule has 0 unspecified atom stereocenters. The van der Waals surface area contributed by atoms with Crippen molar-refractivity contribution in [3.05, 3.63) is 64.2 Å². The Hall–Kier alpha value is -3.99. The van der Waals surface area contributed by atoms with Crippen LogP contribution in [0.15, 0.2) is 41.5 Å². The molecule has 1 heterocycles. The lowest BCUT2D eigenvalue weighted by molar-refractivity contribution is -0.135. The van der Waals surface area contributed by atoms with E-state index >= 15 is 0 Å². The molecule has 11 heteroatoms. The first-order chi connectivity index (χ1) is 18.8. The minimum absolute atomic E-state index is 0.205. The summed E-state index contributed by atoms with van der Waals surface area (Å²) < 4.78 is 45.2. The fourth-order valence-corrected chi connectivity index (χ4v) is 4.45. The van der Waals surface area contributed by atoms with E-state index in [1.165, 1.54) is 26.4 Å². The number of ether oxygens (including phenoxy) is 3. The summed E-state index contributed by atoms with van der Waals surface area (Å²) in [5.74, 6) is -4.08. The van der Waals surface area contributed by atoms with Gasteiger partial charge in [-0.1, -0.05) is 38.7 Å². The van der Waals surface area contributed by atoms with Gasteiger partial charge in [0.05, 0.1) is 26.5 Å². The van der Waals surface area contributed by atoms with Crippen molar-refractivity contribution in [1.29, 1.82) is 0 Å². The number of para-hydroxylation sites is 1. The molecule has 0 aliphatic carbocycles. The third-order valence-corrected chi connectivity index (χ3v) is 6.49. The molecule has 2 N–H and O–H groups in total. The largest absolute Gasteiger partial charge is 0.492 e. The summed E-state index contributed by atoms with van der Waals surface area (Å²) in [6.45, 7) is 2.73. The Morgan fingerprint density at radius 3 is 2.46 bits per heavy atom. The van der Waals surface area contributed by atoms with Gasteiger partial charge in [0, 0.05) is 28.1 Å². The van der Waals surface area contributed by atoms with Gasteiger partial charge in [0.15, 0.2) is 16.6 Å². The van der Waals surface area contributed by atoms with Gasteiger partial charge in [-0.25, -0.2) is 18.6 Å². The fraction of sp³-hybridized carbons (Fsp3) is 0.321. The first kappa shape index (κ1) is 29.6. The Kier molecular flexibility index (Phi) is 10.8. The summed E-state index contributed by atoms with van der Waals surface area (Å²) in [5, 5.41) is 13.5. The first-order valence-electron chi connectivity index (χ1n) is 12.3. The molecule has 0 aliphatic heterocycles. The highest BCUT2D eigenvalue weighted by molar-refractivity contribution is 7.14. The molecule has 0 saturated heterocycles. The van der Waals surface area contributed by atoms with Crippen LogP contribution in [0.5, 0.6) is 11.5 Å². The lowest BCUT2D eigenvalue weighted by atomic mass is 10.1. The average molecular weight is 561 g/mol. The number of carbonyl (C=O) groups excluding carboxylic acids is 1. The van der Waals surface area contributed by atoms with Gasteiger partial charge in [0.1, 0.15) is 11.6 Å². The summed E-state index contributed by atoms with van der Waals surface area (Å²) in [6.07, 6.45) is 6.29. The van der Waals surface area contributed by atoms with Crippen molar-refractivity contribution in [1.82, 2.24) is 4.98 Å². The number of thiazole rings is 1. The number of aromatic nitrogens is 1. The predicted molar refractivity (Wildman–Crippen MR) is 145 cm³/mol. The van der Waals surface area contributed by atoms with Crippen LogP contribution in [0.2, 0.25) is 0 Å². The number of halogens is 2. The molecule has 0 saturated carbocycles. The molecule has 1 aromatic heterocycles. The van der Waals surface area contributed by atoms with Crippen molar-refractivity contribution in [2.75, 3.05) is 26.1 Å². The van der Waals surface area contributed by atoms with Gasteiger partial charge in [0.2, 0.25) is 5.76 Å². The molecule has 0 radical (unpaired) electrons. The van der Waals surface area contributed by atoms with E-state index < -0.39 is 34.8 Å². The van der Waals surface area contributed by atoms with Crippen LogP contribution in [-0.2, 0) is 9.53 Å². The number of nitrogens with zero attached hydrogens (tertiary/aromatic N) is 1.